The molecule has 0 radical (unpaired) electrons. The summed E-state index contributed by atoms with van der Waals surface area (Å²) in [5.74, 6) is 0. The minimum atomic E-state index is 0.193. The van der Waals surface area contributed by atoms with Gasteiger partial charge in [0.1, 0.15) is 0 Å². The Kier molecular flexibility index (Phi) is 1.98. The molecule has 2 aromatic heterocycles. The lowest BCUT2D eigenvalue weighted by molar-refractivity contribution is 0.736. The van der Waals surface area contributed by atoms with E-state index in [1.165, 1.54) is 5.56 Å². The van der Waals surface area contributed by atoms with Crippen molar-refractivity contribution in [3.05, 3.63) is 30.1 Å². The van der Waals surface area contributed by atoms with Crippen LogP contribution in [0.2, 0.25) is 0 Å². The molecule has 0 aliphatic rings. The number of fused-ring (bicyclic) bond motifs is 1. The lowest BCUT2D eigenvalue weighted by Gasteiger charge is -2.04. The monoisotopic (exact) mass is 176 g/mol. The maximum atomic E-state index is 5.71. The van der Waals surface area contributed by atoms with Crippen molar-refractivity contribution in [2.75, 3.05) is 0 Å². The zero-order chi connectivity index (χ0) is 9.26. The number of hydrogen-bond acceptors (Lipinski definition) is 3. The fraction of sp³-hybridized carbons (Fsp3) is 0.333. The van der Waals surface area contributed by atoms with Gasteiger partial charge in [-0.1, -0.05) is 5.21 Å². The molecule has 0 spiro atoms. The normalized spacial score (nSPS) is 13.4. The molecule has 0 saturated carbocycles. The molecule has 0 saturated heterocycles. The number of nitrogens with zero attached hydrogens (tertiary/aromatic N) is 3. The first-order valence-corrected chi connectivity index (χ1v) is 4.30. The van der Waals surface area contributed by atoms with Crippen molar-refractivity contribution in [2.24, 2.45) is 5.73 Å². The Labute approximate surface area is 76.4 Å². The third kappa shape index (κ3) is 1.67. The van der Waals surface area contributed by atoms with E-state index in [9.17, 15) is 0 Å². The number of nitrogens with two attached hydrogens (primary N) is 1. The minimum Gasteiger partial charge on any atom is -0.328 e. The van der Waals surface area contributed by atoms with E-state index in [0.29, 0.717) is 0 Å². The quantitative estimate of drug-likeness (QED) is 0.729. The van der Waals surface area contributed by atoms with Crippen molar-refractivity contribution in [3.63, 3.8) is 0 Å². The average molecular weight is 176 g/mol. The Morgan fingerprint density at radius 2 is 2.46 bits per heavy atom. The van der Waals surface area contributed by atoms with Crippen LogP contribution in [0, 0.1) is 0 Å². The van der Waals surface area contributed by atoms with Gasteiger partial charge in [-0.05, 0) is 31.0 Å². The minimum absolute atomic E-state index is 0.193. The summed E-state index contributed by atoms with van der Waals surface area (Å²) in [6.45, 7) is 2.00. The Morgan fingerprint density at radius 3 is 3.23 bits per heavy atom. The smallest absolute Gasteiger partial charge is 0.0867 e. The number of aromatic nitrogens is 3. The maximum Gasteiger partial charge on any atom is 0.0867 e. The molecule has 2 heterocycles. The van der Waals surface area contributed by atoms with Crippen LogP contribution < -0.4 is 5.73 Å². The largest absolute Gasteiger partial charge is 0.328 e. The summed E-state index contributed by atoms with van der Waals surface area (Å²) in [6.07, 6.45) is 4.53. The average Bonchev–Trinajstić information content (AvgIpc) is 2.49. The van der Waals surface area contributed by atoms with Crippen LogP contribution in [-0.2, 0) is 6.42 Å². The molecule has 0 amide bonds. The van der Waals surface area contributed by atoms with E-state index in [4.69, 9.17) is 5.73 Å². The Balaban J connectivity index is 2.37. The molecular weight excluding hydrogens is 164 g/mol. The van der Waals surface area contributed by atoms with E-state index < -0.39 is 0 Å². The molecule has 0 aliphatic heterocycles. The summed E-state index contributed by atoms with van der Waals surface area (Å²) >= 11 is 0. The molecular formula is C9H12N4. The van der Waals surface area contributed by atoms with Crippen LogP contribution in [0.3, 0.4) is 0 Å². The van der Waals surface area contributed by atoms with E-state index in [0.717, 1.165) is 11.9 Å². The zero-order valence-electron chi connectivity index (χ0n) is 7.51. The summed E-state index contributed by atoms with van der Waals surface area (Å²) in [4.78, 5) is 0. The topological polar surface area (TPSA) is 56.2 Å². The lowest BCUT2D eigenvalue weighted by atomic mass is 10.1. The predicted molar refractivity (Wildman–Crippen MR) is 50.3 cm³/mol. The standard InChI is InChI=1S/C9H12N4/c1-7(10)4-8-2-3-13-9(5-8)6-11-12-13/h2-3,5-7H,4,10H2,1H3. The molecule has 0 aliphatic carbocycles. The number of hydrogen-bond donors (Lipinski definition) is 1. The highest BCUT2D eigenvalue weighted by Crippen LogP contribution is 2.06. The molecule has 13 heavy (non-hydrogen) atoms. The predicted octanol–water partition coefficient (Wildman–Crippen LogP) is 0.619. The summed E-state index contributed by atoms with van der Waals surface area (Å²) in [6, 6.07) is 4.27. The van der Waals surface area contributed by atoms with Gasteiger partial charge in [-0.25, -0.2) is 4.52 Å². The van der Waals surface area contributed by atoms with E-state index in [-0.39, 0.29) is 6.04 Å². The van der Waals surface area contributed by atoms with Crippen LogP contribution in [0.15, 0.2) is 24.5 Å². The SMILES string of the molecule is CC(N)Cc1ccn2nncc2c1. The first-order chi connectivity index (χ1) is 6.25. The lowest BCUT2D eigenvalue weighted by Crippen LogP contribution is -2.17. The van der Waals surface area contributed by atoms with Crippen LogP contribution in [0.4, 0.5) is 0 Å². The molecule has 2 rings (SSSR count). The molecule has 0 aromatic carbocycles. The molecule has 1 atom stereocenters. The van der Waals surface area contributed by atoms with Crippen LogP contribution in [-0.4, -0.2) is 20.9 Å². The fourth-order valence-electron chi connectivity index (χ4n) is 1.37. The van der Waals surface area contributed by atoms with Gasteiger partial charge >= 0.3 is 0 Å². The van der Waals surface area contributed by atoms with E-state index in [1.54, 1.807) is 10.7 Å². The maximum absolute atomic E-state index is 5.71. The molecule has 1 unspecified atom stereocenters. The molecule has 2 aromatic rings. The summed E-state index contributed by atoms with van der Waals surface area (Å²) in [7, 11) is 0. The van der Waals surface area contributed by atoms with Gasteiger partial charge in [0.25, 0.3) is 0 Å². The molecule has 2 N–H and O–H groups in total. The molecule has 0 bridgehead atoms. The zero-order valence-corrected chi connectivity index (χ0v) is 7.51. The highest BCUT2D eigenvalue weighted by atomic mass is 15.4. The second-order valence-corrected chi connectivity index (χ2v) is 3.32. The second-order valence-electron chi connectivity index (χ2n) is 3.32. The third-order valence-electron chi connectivity index (χ3n) is 1.92. The van der Waals surface area contributed by atoms with Gasteiger partial charge in [-0.15, -0.1) is 5.10 Å². The van der Waals surface area contributed by atoms with Crippen molar-refractivity contribution < 1.29 is 0 Å². The van der Waals surface area contributed by atoms with Crippen molar-refractivity contribution in [2.45, 2.75) is 19.4 Å². The van der Waals surface area contributed by atoms with Crippen LogP contribution >= 0.6 is 0 Å². The molecule has 4 nitrogen and oxygen atoms in total. The Morgan fingerprint density at radius 1 is 1.62 bits per heavy atom. The Bertz CT molecular complexity index is 405. The van der Waals surface area contributed by atoms with Gasteiger partial charge in [0, 0.05) is 12.2 Å². The van der Waals surface area contributed by atoms with E-state index in [1.807, 2.05) is 19.2 Å². The van der Waals surface area contributed by atoms with Gasteiger partial charge in [0.2, 0.25) is 0 Å². The third-order valence-corrected chi connectivity index (χ3v) is 1.92. The van der Waals surface area contributed by atoms with Gasteiger partial charge in [-0.2, -0.15) is 0 Å². The van der Waals surface area contributed by atoms with E-state index in [2.05, 4.69) is 16.4 Å². The van der Waals surface area contributed by atoms with Gasteiger partial charge in [0.15, 0.2) is 0 Å². The Hall–Kier alpha value is -1.42. The van der Waals surface area contributed by atoms with E-state index >= 15 is 0 Å². The second kappa shape index (κ2) is 3.14. The molecule has 68 valence electrons. The number of pyridine rings is 1. The summed E-state index contributed by atoms with van der Waals surface area (Å²) in [5.41, 5.74) is 7.94. The first kappa shape index (κ1) is 8.19. The van der Waals surface area contributed by atoms with Crippen molar-refractivity contribution >= 4 is 5.52 Å². The van der Waals surface area contributed by atoms with Crippen molar-refractivity contribution in [3.8, 4) is 0 Å². The highest BCUT2D eigenvalue weighted by Gasteiger charge is 2.00. The van der Waals surface area contributed by atoms with Gasteiger partial charge < -0.3 is 5.73 Å². The summed E-state index contributed by atoms with van der Waals surface area (Å²) < 4.78 is 1.74. The fourth-order valence-corrected chi connectivity index (χ4v) is 1.37. The number of rotatable bonds is 2. The highest BCUT2D eigenvalue weighted by molar-refractivity contribution is 5.45. The van der Waals surface area contributed by atoms with Crippen LogP contribution in [0.5, 0.6) is 0 Å². The van der Waals surface area contributed by atoms with Gasteiger partial charge in [0.05, 0.1) is 11.7 Å². The van der Waals surface area contributed by atoms with Crippen LogP contribution in [0.1, 0.15) is 12.5 Å². The van der Waals surface area contributed by atoms with Crippen molar-refractivity contribution in [1.82, 2.24) is 14.8 Å². The van der Waals surface area contributed by atoms with Crippen molar-refractivity contribution in [1.29, 1.82) is 0 Å². The first-order valence-electron chi connectivity index (χ1n) is 4.30. The van der Waals surface area contributed by atoms with Gasteiger partial charge in [-0.3, -0.25) is 0 Å². The van der Waals surface area contributed by atoms with Crippen LogP contribution in [0.25, 0.3) is 5.52 Å². The molecule has 0 fully saturated rings. The summed E-state index contributed by atoms with van der Waals surface area (Å²) in [5, 5.41) is 7.68. The molecule has 4 heteroatoms.